The minimum absolute atomic E-state index is 0.375. The predicted molar refractivity (Wildman–Crippen MR) is 57.9 cm³/mol. The summed E-state index contributed by atoms with van der Waals surface area (Å²) in [5.74, 6) is 0. The fourth-order valence-electron chi connectivity index (χ4n) is 1.38. The molecule has 2 nitrogen and oxygen atoms in total. The summed E-state index contributed by atoms with van der Waals surface area (Å²) >= 11 is 7.62. The molecule has 72 valence electrons. The Hall–Kier alpha value is -0.280. The molecule has 0 unspecified atom stereocenters. The van der Waals surface area contributed by atoms with Gasteiger partial charge in [-0.15, -0.1) is 22.9 Å². The first-order valence-electron chi connectivity index (χ1n) is 4.50. The van der Waals surface area contributed by atoms with Crippen molar-refractivity contribution < 1.29 is 0 Å². The highest BCUT2D eigenvalue weighted by molar-refractivity contribution is 7.15. The van der Waals surface area contributed by atoms with E-state index in [9.17, 15) is 0 Å². The maximum atomic E-state index is 5.89. The van der Waals surface area contributed by atoms with Gasteiger partial charge < -0.3 is 5.32 Å². The van der Waals surface area contributed by atoms with Crippen LogP contribution in [0.1, 0.15) is 23.4 Å². The fourth-order valence-corrected chi connectivity index (χ4v) is 2.70. The predicted octanol–water partition coefficient (Wildman–Crippen LogP) is 2.94. The Morgan fingerprint density at radius 1 is 1.46 bits per heavy atom. The number of aromatic nitrogens is 1. The van der Waals surface area contributed by atoms with Gasteiger partial charge in [0, 0.05) is 16.3 Å². The average Bonchev–Trinajstić information content (AvgIpc) is 2.28. The first-order chi connectivity index (χ1) is 6.15. The van der Waals surface area contributed by atoms with Crippen molar-refractivity contribution in [3.05, 3.63) is 10.6 Å². The summed E-state index contributed by atoms with van der Waals surface area (Å²) in [6.07, 6.45) is 2.14. The number of nitrogens with zero attached hydrogens (tertiary/aromatic N) is 1. The number of hydrogen-bond donors (Lipinski definition) is 1. The molecular weight excluding hydrogens is 204 g/mol. The molecular formula is C9H13ClN2S. The Morgan fingerprint density at radius 3 is 2.62 bits per heavy atom. The molecule has 0 aromatic carbocycles. The lowest BCUT2D eigenvalue weighted by Gasteiger charge is -2.31. The van der Waals surface area contributed by atoms with Crippen molar-refractivity contribution in [1.82, 2.24) is 4.98 Å². The first-order valence-corrected chi connectivity index (χ1v) is 5.75. The molecule has 2 rings (SSSR count). The summed E-state index contributed by atoms with van der Waals surface area (Å²) in [6.45, 7) is 4.14. The van der Waals surface area contributed by atoms with Crippen molar-refractivity contribution in [1.29, 1.82) is 0 Å². The highest BCUT2D eigenvalue weighted by atomic mass is 35.5. The molecule has 1 aliphatic rings. The molecule has 0 spiro atoms. The van der Waals surface area contributed by atoms with E-state index in [0.717, 1.165) is 23.7 Å². The van der Waals surface area contributed by atoms with Crippen molar-refractivity contribution in [2.75, 3.05) is 5.32 Å². The zero-order valence-electron chi connectivity index (χ0n) is 7.80. The van der Waals surface area contributed by atoms with E-state index in [1.807, 2.05) is 6.92 Å². The maximum Gasteiger partial charge on any atom is 0.183 e. The van der Waals surface area contributed by atoms with Crippen LogP contribution in [-0.4, -0.2) is 16.4 Å². The van der Waals surface area contributed by atoms with Crippen molar-refractivity contribution in [2.45, 2.75) is 38.1 Å². The van der Waals surface area contributed by atoms with Crippen LogP contribution < -0.4 is 5.32 Å². The molecule has 1 aromatic heterocycles. The van der Waals surface area contributed by atoms with Gasteiger partial charge in [0.05, 0.1) is 5.69 Å². The van der Waals surface area contributed by atoms with Gasteiger partial charge in [0.1, 0.15) is 0 Å². The second-order valence-corrected chi connectivity index (χ2v) is 5.39. The molecule has 1 aliphatic carbocycles. The molecule has 1 aromatic rings. The van der Waals surface area contributed by atoms with Crippen LogP contribution in [0.3, 0.4) is 0 Å². The monoisotopic (exact) mass is 216 g/mol. The zero-order valence-corrected chi connectivity index (χ0v) is 9.37. The van der Waals surface area contributed by atoms with E-state index in [1.165, 1.54) is 4.88 Å². The Kier molecular flexibility index (Phi) is 2.47. The molecule has 1 fully saturated rings. The minimum Gasteiger partial charge on any atom is -0.359 e. The molecule has 1 N–H and O–H groups in total. The lowest BCUT2D eigenvalue weighted by atomic mass is 9.93. The van der Waals surface area contributed by atoms with Gasteiger partial charge in [0.15, 0.2) is 5.13 Å². The van der Waals surface area contributed by atoms with Crippen LogP contribution in [0.15, 0.2) is 0 Å². The standard InChI is InChI=1S/C9H13ClN2S/c1-5-6(2)13-9(11-5)12-8-3-7(10)4-8/h7-8H,3-4H2,1-2H3,(H,11,12). The molecule has 4 heteroatoms. The van der Waals surface area contributed by atoms with E-state index >= 15 is 0 Å². The van der Waals surface area contributed by atoms with Gasteiger partial charge in [-0.05, 0) is 26.7 Å². The topological polar surface area (TPSA) is 24.9 Å². The number of hydrogen-bond acceptors (Lipinski definition) is 3. The molecule has 1 heterocycles. The largest absolute Gasteiger partial charge is 0.359 e. The molecule has 13 heavy (non-hydrogen) atoms. The van der Waals surface area contributed by atoms with E-state index in [-0.39, 0.29) is 0 Å². The third-order valence-electron chi connectivity index (χ3n) is 2.44. The van der Waals surface area contributed by atoms with Crippen molar-refractivity contribution in [3.8, 4) is 0 Å². The summed E-state index contributed by atoms with van der Waals surface area (Å²) in [7, 11) is 0. The van der Waals surface area contributed by atoms with Gasteiger partial charge >= 0.3 is 0 Å². The van der Waals surface area contributed by atoms with Crippen LogP contribution >= 0.6 is 22.9 Å². The number of alkyl halides is 1. The van der Waals surface area contributed by atoms with Crippen LogP contribution in [0, 0.1) is 13.8 Å². The minimum atomic E-state index is 0.375. The number of nitrogens with one attached hydrogen (secondary N) is 1. The van der Waals surface area contributed by atoms with Gasteiger partial charge in [0.25, 0.3) is 0 Å². The molecule has 0 bridgehead atoms. The van der Waals surface area contributed by atoms with E-state index in [0.29, 0.717) is 11.4 Å². The van der Waals surface area contributed by atoms with Gasteiger partial charge in [-0.1, -0.05) is 0 Å². The maximum absolute atomic E-state index is 5.89. The summed E-state index contributed by atoms with van der Waals surface area (Å²) < 4.78 is 0. The van der Waals surface area contributed by atoms with Crippen LogP contribution in [0.5, 0.6) is 0 Å². The quantitative estimate of drug-likeness (QED) is 0.769. The third-order valence-corrected chi connectivity index (χ3v) is 3.80. The smallest absolute Gasteiger partial charge is 0.183 e. The van der Waals surface area contributed by atoms with Gasteiger partial charge in [-0.3, -0.25) is 0 Å². The zero-order chi connectivity index (χ0) is 9.42. The molecule has 0 atom stereocenters. The third kappa shape index (κ3) is 1.97. The molecule has 0 amide bonds. The summed E-state index contributed by atoms with van der Waals surface area (Å²) in [4.78, 5) is 5.72. The lowest BCUT2D eigenvalue weighted by molar-refractivity contribution is 0.454. The van der Waals surface area contributed by atoms with Crippen molar-refractivity contribution in [3.63, 3.8) is 0 Å². The molecule has 1 saturated carbocycles. The van der Waals surface area contributed by atoms with Gasteiger partial charge in [0.2, 0.25) is 0 Å². The van der Waals surface area contributed by atoms with Crippen LogP contribution in [0.25, 0.3) is 0 Å². The molecule has 0 saturated heterocycles. The van der Waals surface area contributed by atoms with Crippen LogP contribution in [-0.2, 0) is 0 Å². The average molecular weight is 217 g/mol. The lowest BCUT2D eigenvalue weighted by Crippen LogP contribution is -2.35. The Balaban J connectivity index is 1.95. The number of rotatable bonds is 2. The Bertz CT molecular complexity index is 285. The van der Waals surface area contributed by atoms with Crippen LogP contribution in [0.2, 0.25) is 0 Å². The van der Waals surface area contributed by atoms with Gasteiger partial charge in [-0.25, -0.2) is 4.98 Å². The molecule has 0 radical (unpaired) electrons. The van der Waals surface area contributed by atoms with E-state index in [4.69, 9.17) is 11.6 Å². The van der Waals surface area contributed by atoms with E-state index in [1.54, 1.807) is 11.3 Å². The normalized spacial score (nSPS) is 27.0. The number of thiazole rings is 1. The SMILES string of the molecule is Cc1nc(NC2CC(Cl)C2)sc1C. The van der Waals surface area contributed by atoms with E-state index in [2.05, 4.69) is 17.2 Å². The Morgan fingerprint density at radius 2 is 2.15 bits per heavy atom. The summed E-state index contributed by atoms with van der Waals surface area (Å²) in [5, 5.41) is 4.81. The number of halogens is 1. The second kappa shape index (κ2) is 3.46. The van der Waals surface area contributed by atoms with Crippen molar-refractivity contribution >= 4 is 28.1 Å². The van der Waals surface area contributed by atoms with Crippen LogP contribution in [0.4, 0.5) is 5.13 Å². The number of aryl methyl sites for hydroxylation is 2. The Labute approximate surface area is 87.3 Å². The highest BCUT2D eigenvalue weighted by Crippen LogP contribution is 2.30. The molecule has 0 aliphatic heterocycles. The summed E-state index contributed by atoms with van der Waals surface area (Å²) in [5.41, 5.74) is 1.13. The fraction of sp³-hybridized carbons (Fsp3) is 0.667. The second-order valence-electron chi connectivity index (χ2n) is 3.57. The van der Waals surface area contributed by atoms with E-state index < -0.39 is 0 Å². The highest BCUT2D eigenvalue weighted by Gasteiger charge is 2.27. The number of anilines is 1. The summed E-state index contributed by atoms with van der Waals surface area (Å²) in [6, 6.07) is 0.549. The van der Waals surface area contributed by atoms with Crippen molar-refractivity contribution in [2.24, 2.45) is 0 Å². The first kappa shape index (κ1) is 9.28. The van der Waals surface area contributed by atoms with Gasteiger partial charge in [-0.2, -0.15) is 0 Å².